The smallest absolute Gasteiger partial charge is 0.276 e. The maximum Gasteiger partial charge on any atom is 0.276 e. The molecule has 0 atom stereocenters. The van der Waals surface area contributed by atoms with Crippen LogP contribution in [0.1, 0.15) is 13.8 Å². The molecule has 0 fully saturated rings. The SMILES string of the molecule is CC.CNc1nc[nH]c(=O)c1N. The number of anilines is 2. The minimum Gasteiger partial charge on any atom is -0.391 e. The highest BCUT2D eigenvalue weighted by atomic mass is 16.1. The molecule has 68 valence electrons. The Kier molecular flexibility index (Phi) is 4.52. The van der Waals surface area contributed by atoms with Gasteiger partial charge in [-0.1, -0.05) is 13.8 Å². The highest BCUT2D eigenvalue weighted by Crippen LogP contribution is 2.03. The summed E-state index contributed by atoms with van der Waals surface area (Å²) in [4.78, 5) is 16.8. The van der Waals surface area contributed by atoms with Gasteiger partial charge < -0.3 is 16.0 Å². The standard InChI is InChI=1S/C5H8N4O.C2H6/c1-7-4-3(6)5(10)9-2-8-4;1-2/h2H,6H2,1H3,(H2,7,8,9,10);1-2H3. The summed E-state index contributed by atoms with van der Waals surface area (Å²) in [6, 6.07) is 0. The number of aromatic nitrogens is 2. The molecule has 5 heteroatoms. The fraction of sp³-hybridized carbons (Fsp3) is 0.429. The quantitative estimate of drug-likeness (QED) is 0.570. The molecule has 0 aliphatic heterocycles. The van der Waals surface area contributed by atoms with Crippen LogP contribution >= 0.6 is 0 Å². The van der Waals surface area contributed by atoms with Gasteiger partial charge in [0.2, 0.25) is 0 Å². The van der Waals surface area contributed by atoms with Crippen molar-refractivity contribution < 1.29 is 0 Å². The van der Waals surface area contributed by atoms with Crippen LogP contribution in [-0.2, 0) is 0 Å². The zero-order chi connectivity index (χ0) is 9.56. The third-order valence-corrected chi connectivity index (χ3v) is 1.13. The Labute approximate surface area is 71.0 Å². The fourth-order valence-electron chi connectivity index (χ4n) is 0.610. The summed E-state index contributed by atoms with van der Waals surface area (Å²) in [5.74, 6) is 0.406. The highest BCUT2D eigenvalue weighted by molar-refractivity contribution is 5.58. The number of nitrogen functional groups attached to an aromatic ring is 1. The van der Waals surface area contributed by atoms with Gasteiger partial charge in [-0.15, -0.1) is 0 Å². The van der Waals surface area contributed by atoms with E-state index in [4.69, 9.17) is 5.73 Å². The van der Waals surface area contributed by atoms with Gasteiger partial charge in [-0.2, -0.15) is 0 Å². The van der Waals surface area contributed by atoms with Gasteiger partial charge in [0.25, 0.3) is 5.56 Å². The molecule has 0 unspecified atom stereocenters. The Bertz CT molecular complexity index is 281. The van der Waals surface area contributed by atoms with Crippen molar-refractivity contribution in [2.24, 2.45) is 0 Å². The Hall–Kier alpha value is -1.52. The molecule has 0 aliphatic carbocycles. The summed E-state index contributed by atoms with van der Waals surface area (Å²) in [6.45, 7) is 4.00. The molecule has 0 radical (unpaired) electrons. The third kappa shape index (κ3) is 2.26. The molecule has 1 heterocycles. The summed E-state index contributed by atoms with van der Waals surface area (Å²) >= 11 is 0. The number of hydrogen-bond acceptors (Lipinski definition) is 4. The number of nitrogens with one attached hydrogen (secondary N) is 2. The van der Waals surface area contributed by atoms with Crippen LogP contribution in [0.5, 0.6) is 0 Å². The first kappa shape index (κ1) is 10.5. The van der Waals surface area contributed by atoms with E-state index in [-0.39, 0.29) is 11.2 Å². The first-order valence-electron chi connectivity index (χ1n) is 3.76. The summed E-state index contributed by atoms with van der Waals surface area (Å²) in [7, 11) is 1.65. The minimum atomic E-state index is -0.320. The molecule has 12 heavy (non-hydrogen) atoms. The third-order valence-electron chi connectivity index (χ3n) is 1.13. The highest BCUT2D eigenvalue weighted by Gasteiger charge is 1.99. The van der Waals surface area contributed by atoms with Crippen molar-refractivity contribution in [3.05, 3.63) is 16.7 Å². The van der Waals surface area contributed by atoms with Crippen molar-refractivity contribution in [2.45, 2.75) is 13.8 Å². The number of nitrogens with two attached hydrogens (primary N) is 1. The summed E-state index contributed by atoms with van der Waals surface area (Å²) in [6.07, 6.45) is 1.30. The van der Waals surface area contributed by atoms with Crippen molar-refractivity contribution >= 4 is 11.5 Å². The first-order valence-corrected chi connectivity index (χ1v) is 3.76. The molecule has 1 rings (SSSR count). The normalized spacial score (nSPS) is 8.25. The lowest BCUT2D eigenvalue weighted by Gasteiger charge is -1.98. The number of H-pyrrole nitrogens is 1. The van der Waals surface area contributed by atoms with Crippen molar-refractivity contribution in [1.82, 2.24) is 9.97 Å². The number of aromatic amines is 1. The van der Waals surface area contributed by atoms with Crippen molar-refractivity contribution in [3.8, 4) is 0 Å². The molecule has 0 spiro atoms. The van der Waals surface area contributed by atoms with Gasteiger partial charge in [-0.3, -0.25) is 4.79 Å². The molecule has 0 aliphatic rings. The average molecular weight is 170 g/mol. The molecule has 0 bridgehead atoms. The molecular formula is C7H14N4O. The van der Waals surface area contributed by atoms with E-state index in [1.54, 1.807) is 7.05 Å². The van der Waals surface area contributed by atoms with Gasteiger partial charge in [0.05, 0.1) is 6.33 Å². The molecule has 1 aromatic heterocycles. The van der Waals surface area contributed by atoms with Gasteiger partial charge in [0, 0.05) is 7.05 Å². The Morgan fingerprint density at radius 3 is 2.58 bits per heavy atom. The average Bonchev–Trinajstić information content (AvgIpc) is 2.13. The van der Waals surface area contributed by atoms with Crippen LogP contribution in [-0.4, -0.2) is 17.0 Å². The minimum absolute atomic E-state index is 0.116. The number of rotatable bonds is 1. The molecule has 1 aromatic rings. The van der Waals surface area contributed by atoms with Gasteiger partial charge in [-0.05, 0) is 0 Å². The van der Waals surface area contributed by atoms with Crippen LogP contribution in [0.25, 0.3) is 0 Å². The first-order chi connectivity index (χ1) is 5.75. The van der Waals surface area contributed by atoms with Crippen LogP contribution in [0.4, 0.5) is 11.5 Å². The van der Waals surface area contributed by atoms with Gasteiger partial charge in [-0.25, -0.2) is 4.98 Å². The van der Waals surface area contributed by atoms with E-state index < -0.39 is 0 Å². The van der Waals surface area contributed by atoms with E-state index in [9.17, 15) is 4.79 Å². The molecule has 0 saturated carbocycles. The van der Waals surface area contributed by atoms with Gasteiger partial charge in [0.1, 0.15) is 5.69 Å². The number of nitrogens with zero attached hydrogens (tertiary/aromatic N) is 1. The van der Waals surface area contributed by atoms with E-state index in [0.717, 1.165) is 0 Å². The molecule has 0 aromatic carbocycles. The van der Waals surface area contributed by atoms with Gasteiger partial charge >= 0.3 is 0 Å². The van der Waals surface area contributed by atoms with Crippen molar-refractivity contribution in [2.75, 3.05) is 18.1 Å². The summed E-state index contributed by atoms with van der Waals surface area (Å²) < 4.78 is 0. The monoisotopic (exact) mass is 170 g/mol. The second-order valence-electron chi connectivity index (χ2n) is 1.74. The zero-order valence-corrected chi connectivity index (χ0v) is 7.51. The fourth-order valence-corrected chi connectivity index (χ4v) is 0.610. The Morgan fingerprint density at radius 1 is 1.58 bits per heavy atom. The lowest BCUT2D eigenvalue weighted by Crippen LogP contribution is -2.14. The molecular weight excluding hydrogens is 156 g/mol. The van der Waals surface area contributed by atoms with E-state index >= 15 is 0 Å². The van der Waals surface area contributed by atoms with Crippen molar-refractivity contribution in [1.29, 1.82) is 0 Å². The molecule has 4 N–H and O–H groups in total. The maximum absolute atomic E-state index is 10.7. The summed E-state index contributed by atoms with van der Waals surface area (Å²) in [5, 5.41) is 2.68. The van der Waals surface area contributed by atoms with E-state index in [0.29, 0.717) is 5.82 Å². The maximum atomic E-state index is 10.7. The lowest BCUT2D eigenvalue weighted by molar-refractivity contribution is 1.12. The predicted octanol–water partition coefficient (Wildman–Crippen LogP) is 0.420. The molecule has 0 amide bonds. The second-order valence-corrected chi connectivity index (χ2v) is 1.74. The van der Waals surface area contributed by atoms with Gasteiger partial charge in [0.15, 0.2) is 5.82 Å². The topological polar surface area (TPSA) is 83.8 Å². The van der Waals surface area contributed by atoms with Crippen LogP contribution < -0.4 is 16.6 Å². The molecule has 0 saturated heterocycles. The van der Waals surface area contributed by atoms with E-state index in [1.807, 2.05) is 13.8 Å². The predicted molar refractivity (Wildman–Crippen MR) is 50.2 cm³/mol. The number of hydrogen-bond donors (Lipinski definition) is 3. The van der Waals surface area contributed by atoms with Crippen LogP contribution in [0, 0.1) is 0 Å². The Morgan fingerprint density at radius 2 is 2.17 bits per heavy atom. The Balaban J connectivity index is 0.000000561. The van der Waals surface area contributed by atoms with Crippen LogP contribution in [0.15, 0.2) is 11.1 Å². The van der Waals surface area contributed by atoms with Crippen LogP contribution in [0.3, 0.4) is 0 Å². The van der Waals surface area contributed by atoms with E-state index in [1.165, 1.54) is 6.33 Å². The zero-order valence-electron chi connectivity index (χ0n) is 7.51. The summed E-state index contributed by atoms with van der Waals surface area (Å²) in [5.41, 5.74) is 5.12. The molecule has 5 nitrogen and oxygen atoms in total. The second kappa shape index (κ2) is 5.17. The van der Waals surface area contributed by atoms with E-state index in [2.05, 4.69) is 15.3 Å². The van der Waals surface area contributed by atoms with Crippen molar-refractivity contribution in [3.63, 3.8) is 0 Å². The lowest BCUT2D eigenvalue weighted by atomic mass is 10.5. The van der Waals surface area contributed by atoms with Crippen LogP contribution in [0.2, 0.25) is 0 Å². The largest absolute Gasteiger partial charge is 0.391 e.